The van der Waals surface area contributed by atoms with Crippen molar-refractivity contribution in [2.75, 3.05) is 5.32 Å². The van der Waals surface area contributed by atoms with Gasteiger partial charge >= 0.3 is 6.09 Å². The molecule has 2 atom stereocenters. The maximum atomic E-state index is 14.8. The molecular formula is C23H29FN2O4S. The number of anilines is 1. The fraction of sp³-hybridized carbons (Fsp3) is 0.435. The van der Waals surface area contributed by atoms with Crippen molar-refractivity contribution < 1.29 is 22.3 Å². The van der Waals surface area contributed by atoms with Gasteiger partial charge in [-0.25, -0.2) is 17.6 Å². The number of benzene rings is 2. The summed E-state index contributed by atoms with van der Waals surface area (Å²) in [5.41, 5.74) is 0.569. The summed E-state index contributed by atoms with van der Waals surface area (Å²) in [6.07, 6.45) is 0.543. The van der Waals surface area contributed by atoms with Gasteiger partial charge in [-0.3, -0.25) is 5.32 Å². The van der Waals surface area contributed by atoms with Crippen LogP contribution in [0.25, 0.3) is 0 Å². The van der Waals surface area contributed by atoms with Crippen LogP contribution in [0.3, 0.4) is 0 Å². The first kappa shape index (κ1) is 23.2. The highest BCUT2D eigenvalue weighted by Gasteiger charge is 2.40. The van der Waals surface area contributed by atoms with Crippen LogP contribution in [0.1, 0.15) is 56.9 Å². The molecule has 31 heavy (non-hydrogen) atoms. The van der Waals surface area contributed by atoms with Gasteiger partial charge < -0.3 is 4.74 Å². The molecule has 0 radical (unpaired) electrons. The minimum atomic E-state index is -3.65. The van der Waals surface area contributed by atoms with Gasteiger partial charge in [0.2, 0.25) is 10.0 Å². The fourth-order valence-corrected chi connectivity index (χ4v) is 5.88. The zero-order valence-corrected chi connectivity index (χ0v) is 19.1. The molecule has 0 saturated carbocycles. The van der Waals surface area contributed by atoms with Crippen LogP contribution in [0.5, 0.6) is 0 Å². The second kappa shape index (κ2) is 8.96. The lowest BCUT2D eigenvalue weighted by Gasteiger charge is -2.37. The number of carbonyl (C=O) groups is 1. The van der Waals surface area contributed by atoms with Crippen molar-refractivity contribution in [2.24, 2.45) is 0 Å². The molecular weight excluding hydrogens is 419 g/mol. The van der Waals surface area contributed by atoms with Crippen LogP contribution >= 0.6 is 0 Å². The van der Waals surface area contributed by atoms with Crippen molar-refractivity contribution in [2.45, 2.75) is 64.0 Å². The number of amides is 1. The number of sulfonamides is 1. The Kier molecular flexibility index (Phi) is 6.71. The predicted octanol–water partition coefficient (Wildman–Crippen LogP) is 5.23. The minimum Gasteiger partial charge on any atom is -0.444 e. The van der Waals surface area contributed by atoms with Crippen LogP contribution in [-0.2, 0) is 21.3 Å². The Balaban J connectivity index is 1.78. The van der Waals surface area contributed by atoms with Crippen molar-refractivity contribution in [1.29, 1.82) is 0 Å². The second-order valence-corrected chi connectivity index (χ2v) is 10.9. The van der Waals surface area contributed by atoms with E-state index >= 15 is 0 Å². The van der Waals surface area contributed by atoms with E-state index in [0.717, 1.165) is 5.56 Å². The molecule has 1 heterocycles. The monoisotopic (exact) mass is 448 g/mol. The molecule has 0 aliphatic carbocycles. The Morgan fingerprint density at radius 2 is 1.84 bits per heavy atom. The van der Waals surface area contributed by atoms with Gasteiger partial charge in [-0.1, -0.05) is 36.4 Å². The predicted molar refractivity (Wildman–Crippen MR) is 119 cm³/mol. The van der Waals surface area contributed by atoms with Crippen LogP contribution in [0.4, 0.5) is 14.9 Å². The van der Waals surface area contributed by atoms with Crippen LogP contribution in [0.2, 0.25) is 0 Å². The summed E-state index contributed by atoms with van der Waals surface area (Å²) in [4.78, 5) is 11.9. The van der Waals surface area contributed by atoms with Gasteiger partial charge in [0.15, 0.2) is 0 Å². The van der Waals surface area contributed by atoms with E-state index in [2.05, 4.69) is 5.32 Å². The number of halogens is 1. The van der Waals surface area contributed by atoms with Crippen molar-refractivity contribution in [3.05, 3.63) is 65.5 Å². The maximum absolute atomic E-state index is 14.8. The first-order chi connectivity index (χ1) is 14.5. The molecule has 6 nitrogen and oxygen atoms in total. The number of nitrogens with zero attached hydrogens (tertiary/aromatic N) is 1. The largest absolute Gasteiger partial charge is 0.444 e. The molecule has 168 valence electrons. The SMILES string of the molecule is C[C@H]1CCC(c2ccccc2)S(=O)(=O)N1Cc1ccc(NC(=O)OC(C)(C)C)cc1F. The third-order valence-electron chi connectivity index (χ3n) is 5.22. The van der Waals surface area contributed by atoms with E-state index in [1.54, 1.807) is 20.8 Å². The lowest BCUT2D eigenvalue weighted by Crippen LogP contribution is -2.44. The molecule has 1 unspecified atom stereocenters. The summed E-state index contributed by atoms with van der Waals surface area (Å²) in [5, 5.41) is 1.85. The Morgan fingerprint density at radius 1 is 1.16 bits per heavy atom. The van der Waals surface area contributed by atoms with Gasteiger partial charge in [-0.05, 0) is 58.2 Å². The number of ether oxygens (including phenoxy) is 1. The lowest BCUT2D eigenvalue weighted by molar-refractivity contribution is 0.0636. The first-order valence-electron chi connectivity index (χ1n) is 10.3. The highest BCUT2D eigenvalue weighted by molar-refractivity contribution is 7.89. The summed E-state index contributed by atoms with van der Waals surface area (Å²) in [7, 11) is -3.65. The van der Waals surface area contributed by atoms with E-state index in [1.807, 2.05) is 37.3 Å². The third-order valence-corrected chi connectivity index (χ3v) is 7.59. The molecule has 3 rings (SSSR count). The number of carbonyl (C=O) groups excluding carboxylic acids is 1. The standard InChI is InChI=1S/C23H29FN2O4S/c1-16-10-13-21(17-8-6-5-7-9-17)31(28,29)26(16)15-18-11-12-19(14-20(18)24)25-22(27)30-23(2,3)4/h5-9,11-12,14,16,21H,10,13,15H2,1-4H3,(H,25,27)/t16-,21?/m0/s1. The molecule has 1 N–H and O–H groups in total. The molecule has 0 bridgehead atoms. The molecule has 1 saturated heterocycles. The average molecular weight is 449 g/mol. The van der Waals surface area contributed by atoms with Crippen LogP contribution in [0.15, 0.2) is 48.5 Å². The van der Waals surface area contributed by atoms with Gasteiger partial charge in [0.05, 0.1) is 0 Å². The summed E-state index contributed by atoms with van der Waals surface area (Å²) in [5.74, 6) is -0.585. The van der Waals surface area contributed by atoms with E-state index in [1.165, 1.54) is 22.5 Å². The van der Waals surface area contributed by atoms with Gasteiger partial charge in [0.1, 0.15) is 16.7 Å². The summed E-state index contributed by atoms with van der Waals surface area (Å²) in [6, 6.07) is 13.1. The lowest BCUT2D eigenvalue weighted by atomic mass is 10.0. The maximum Gasteiger partial charge on any atom is 0.412 e. The molecule has 0 aromatic heterocycles. The van der Waals surface area contributed by atoms with E-state index in [0.29, 0.717) is 12.8 Å². The molecule has 1 amide bonds. The summed E-state index contributed by atoms with van der Waals surface area (Å²) >= 11 is 0. The van der Waals surface area contributed by atoms with Crippen LogP contribution in [-0.4, -0.2) is 30.5 Å². The zero-order chi connectivity index (χ0) is 22.8. The van der Waals surface area contributed by atoms with Crippen molar-refractivity contribution >= 4 is 21.8 Å². The molecule has 2 aromatic rings. The highest BCUT2D eigenvalue weighted by atomic mass is 32.2. The average Bonchev–Trinajstić information content (AvgIpc) is 2.65. The summed E-state index contributed by atoms with van der Waals surface area (Å²) in [6.45, 7) is 6.98. The quantitative estimate of drug-likeness (QED) is 0.695. The van der Waals surface area contributed by atoms with Crippen molar-refractivity contribution in [3.63, 3.8) is 0 Å². The van der Waals surface area contributed by atoms with Gasteiger partial charge in [0, 0.05) is 23.8 Å². The molecule has 0 spiro atoms. The normalized spacial score (nSPS) is 21.5. The van der Waals surface area contributed by atoms with Crippen molar-refractivity contribution in [1.82, 2.24) is 4.31 Å². The first-order valence-corrected chi connectivity index (χ1v) is 11.8. The third kappa shape index (κ3) is 5.62. The van der Waals surface area contributed by atoms with E-state index in [9.17, 15) is 17.6 Å². The van der Waals surface area contributed by atoms with E-state index in [4.69, 9.17) is 4.74 Å². The van der Waals surface area contributed by atoms with Crippen LogP contribution < -0.4 is 5.32 Å². The smallest absolute Gasteiger partial charge is 0.412 e. The Hall–Kier alpha value is -2.45. The molecule has 1 fully saturated rings. The van der Waals surface area contributed by atoms with Crippen LogP contribution in [0, 0.1) is 5.82 Å². The highest BCUT2D eigenvalue weighted by Crippen LogP contribution is 2.38. The molecule has 2 aromatic carbocycles. The second-order valence-electron chi connectivity index (χ2n) is 8.85. The number of nitrogens with one attached hydrogen (secondary N) is 1. The topological polar surface area (TPSA) is 75.7 Å². The fourth-order valence-electron chi connectivity index (χ4n) is 3.69. The Labute approximate surface area is 183 Å². The Morgan fingerprint density at radius 3 is 2.45 bits per heavy atom. The van der Waals surface area contributed by atoms with E-state index < -0.39 is 32.8 Å². The Bertz CT molecular complexity index is 1040. The number of rotatable bonds is 4. The van der Waals surface area contributed by atoms with Gasteiger partial charge in [0.25, 0.3) is 0 Å². The van der Waals surface area contributed by atoms with Gasteiger partial charge in [-0.15, -0.1) is 0 Å². The van der Waals surface area contributed by atoms with E-state index in [-0.39, 0.29) is 23.8 Å². The minimum absolute atomic E-state index is 0.0641. The molecule has 8 heteroatoms. The summed E-state index contributed by atoms with van der Waals surface area (Å²) < 4.78 is 48.0. The zero-order valence-electron chi connectivity index (χ0n) is 18.3. The number of hydrogen-bond acceptors (Lipinski definition) is 4. The molecule has 1 aliphatic rings. The van der Waals surface area contributed by atoms with Crippen molar-refractivity contribution in [3.8, 4) is 0 Å². The molecule has 1 aliphatic heterocycles. The van der Waals surface area contributed by atoms with Gasteiger partial charge in [-0.2, -0.15) is 4.31 Å². The number of hydrogen-bond donors (Lipinski definition) is 1.